The Hall–Kier alpha value is -2.61. The van der Waals surface area contributed by atoms with Crippen molar-refractivity contribution in [1.82, 2.24) is 10.2 Å². The Balaban J connectivity index is 1.71. The second-order valence-corrected chi connectivity index (χ2v) is 8.49. The highest BCUT2D eigenvalue weighted by Crippen LogP contribution is 2.32. The molecule has 2 aromatic rings. The van der Waals surface area contributed by atoms with Gasteiger partial charge in [0.05, 0.1) is 23.5 Å². The summed E-state index contributed by atoms with van der Waals surface area (Å²) in [6.45, 7) is 0.673. The lowest BCUT2D eigenvalue weighted by Gasteiger charge is -2.32. The number of carbonyl (C=O) groups excluding carboxylic acids is 1. The third-order valence-electron chi connectivity index (χ3n) is 5.76. The lowest BCUT2D eigenvalue weighted by atomic mass is 10.1. The van der Waals surface area contributed by atoms with Gasteiger partial charge in [-0.25, -0.2) is 0 Å². The quantitative estimate of drug-likeness (QED) is 0.504. The van der Waals surface area contributed by atoms with Crippen LogP contribution < -0.4 is 10.1 Å². The number of para-hydroxylation sites is 1. The lowest BCUT2D eigenvalue weighted by Crippen LogP contribution is -2.52. The van der Waals surface area contributed by atoms with Crippen molar-refractivity contribution in [1.29, 1.82) is 0 Å². The number of amides is 1. The normalized spacial score (nSPS) is 22.6. The van der Waals surface area contributed by atoms with E-state index in [0.717, 1.165) is 6.42 Å². The monoisotopic (exact) mass is 460 g/mol. The largest absolute Gasteiger partial charge is 0.486 e. The molecule has 0 aromatic heterocycles. The molecule has 4 atom stereocenters. The van der Waals surface area contributed by atoms with Crippen LogP contribution in [0.3, 0.4) is 0 Å². The Bertz CT molecular complexity index is 910. The minimum atomic E-state index is -1.02. The van der Waals surface area contributed by atoms with Gasteiger partial charge in [0.1, 0.15) is 18.0 Å². The summed E-state index contributed by atoms with van der Waals surface area (Å²) in [5, 5.41) is 23.3. The van der Waals surface area contributed by atoms with E-state index in [1.54, 1.807) is 24.3 Å². The number of rotatable bonds is 10. The van der Waals surface area contributed by atoms with Gasteiger partial charge in [-0.15, -0.1) is 0 Å². The first-order valence-electron chi connectivity index (χ1n) is 10.7. The molecule has 1 fully saturated rings. The molecule has 0 saturated heterocycles. The minimum absolute atomic E-state index is 0.113. The maximum Gasteiger partial charge on any atom is 0.303 e. The number of hydrogen-bond donors (Lipinski definition) is 3. The molecule has 0 heterocycles. The van der Waals surface area contributed by atoms with Crippen LogP contribution in [0.25, 0.3) is 0 Å². The zero-order chi connectivity index (χ0) is 23.1. The molecule has 7 nitrogen and oxygen atoms in total. The second-order valence-electron chi connectivity index (χ2n) is 8.09. The molecule has 1 saturated carbocycles. The molecule has 1 aliphatic rings. The average Bonchev–Trinajstić information content (AvgIpc) is 3.07. The van der Waals surface area contributed by atoms with E-state index in [0.29, 0.717) is 23.7 Å². The van der Waals surface area contributed by atoms with Crippen LogP contribution in [0.1, 0.15) is 24.8 Å². The summed E-state index contributed by atoms with van der Waals surface area (Å²) in [4.78, 5) is 25.2. The Kier molecular flexibility index (Phi) is 8.50. The first-order valence-corrected chi connectivity index (χ1v) is 11.1. The number of carbonyl (C=O) groups is 2. The summed E-state index contributed by atoms with van der Waals surface area (Å²) >= 11 is 6.22. The highest BCUT2D eigenvalue weighted by atomic mass is 35.5. The molecule has 3 N–H and O–H groups in total. The van der Waals surface area contributed by atoms with Gasteiger partial charge in [0.2, 0.25) is 5.91 Å². The number of ether oxygens (including phenoxy) is 1. The van der Waals surface area contributed by atoms with Gasteiger partial charge < -0.3 is 20.3 Å². The summed E-state index contributed by atoms with van der Waals surface area (Å²) < 4.78 is 6.02. The topological polar surface area (TPSA) is 99.1 Å². The van der Waals surface area contributed by atoms with Crippen molar-refractivity contribution < 1.29 is 24.5 Å². The predicted octanol–water partition coefficient (Wildman–Crippen LogP) is 2.74. The number of carboxylic acids is 1. The van der Waals surface area contributed by atoms with Crippen LogP contribution in [0, 0.1) is 0 Å². The maximum atomic E-state index is 12.3. The molecule has 0 radical (unpaired) electrons. The summed E-state index contributed by atoms with van der Waals surface area (Å²) in [5.41, 5.74) is 1.18. The third kappa shape index (κ3) is 6.45. The van der Waals surface area contributed by atoms with E-state index in [4.69, 9.17) is 21.4 Å². The minimum Gasteiger partial charge on any atom is -0.486 e. The molecule has 2 aromatic carbocycles. The van der Waals surface area contributed by atoms with Gasteiger partial charge in [-0.1, -0.05) is 54.1 Å². The molecule has 1 amide bonds. The van der Waals surface area contributed by atoms with Gasteiger partial charge >= 0.3 is 5.97 Å². The Labute approximate surface area is 192 Å². The molecule has 3 rings (SSSR count). The van der Waals surface area contributed by atoms with Crippen LogP contribution in [-0.4, -0.2) is 64.9 Å². The van der Waals surface area contributed by atoms with E-state index in [9.17, 15) is 14.7 Å². The fourth-order valence-electron chi connectivity index (χ4n) is 4.12. The van der Waals surface area contributed by atoms with Crippen LogP contribution in [0.4, 0.5) is 0 Å². The fourth-order valence-corrected chi connectivity index (χ4v) is 4.30. The van der Waals surface area contributed by atoms with Gasteiger partial charge in [0.25, 0.3) is 0 Å². The number of aliphatic hydroxyl groups is 1. The van der Waals surface area contributed by atoms with Gasteiger partial charge in [-0.05, 0) is 31.2 Å². The first-order chi connectivity index (χ1) is 15.3. The Morgan fingerprint density at radius 3 is 2.50 bits per heavy atom. The molecule has 32 heavy (non-hydrogen) atoms. The molecule has 172 valence electrons. The molecule has 0 bridgehead atoms. The highest BCUT2D eigenvalue weighted by molar-refractivity contribution is 6.32. The predicted molar refractivity (Wildman–Crippen MR) is 122 cm³/mol. The second kappa shape index (κ2) is 11.3. The number of likely N-dealkylation sites (N-methyl/N-ethyl adjacent to an activating group) is 1. The number of nitrogens with zero attached hydrogens (tertiary/aromatic N) is 1. The molecule has 1 aliphatic carbocycles. The summed E-state index contributed by atoms with van der Waals surface area (Å²) in [6, 6.07) is 16.3. The lowest BCUT2D eigenvalue weighted by molar-refractivity contribution is -0.139. The summed E-state index contributed by atoms with van der Waals surface area (Å²) in [5.74, 6) is -0.908. The van der Waals surface area contributed by atoms with E-state index in [1.165, 1.54) is 5.56 Å². The van der Waals surface area contributed by atoms with Crippen molar-refractivity contribution >= 4 is 23.5 Å². The Morgan fingerprint density at radius 1 is 1.12 bits per heavy atom. The molecular weight excluding hydrogens is 432 g/mol. The zero-order valence-corrected chi connectivity index (χ0v) is 18.7. The maximum absolute atomic E-state index is 12.3. The molecule has 0 aliphatic heterocycles. The van der Waals surface area contributed by atoms with E-state index >= 15 is 0 Å². The standard InChI is InChI=1S/C24H29ClN2O5/c1-27(14-13-16-7-3-2-4-8-16)23-18(26-21(28)11-12-22(29)30)15-20(24(23)31)32-19-10-6-5-9-17(19)25/h2-10,18,20,23-24,31H,11-15H2,1H3,(H,26,28)(H,29,30)/t18-,20-,23+,24+/m1/s1. The number of carboxylic acid groups (broad SMARTS) is 1. The van der Waals surface area contributed by atoms with E-state index < -0.39 is 18.2 Å². The average molecular weight is 461 g/mol. The number of aliphatic carboxylic acids is 1. The van der Waals surface area contributed by atoms with Gasteiger partial charge in [0, 0.05) is 19.4 Å². The first kappa shape index (κ1) is 24.0. The van der Waals surface area contributed by atoms with Gasteiger partial charge in [-0.3, -0.25) is 14.5 Å². The van der Waals surface area contributed by atoms with Crippen LogP contribution in [0.5, 0.6) is 5.75 Å². The van der Waals surface area contributed by atoms with Crippen molar-refractivity contribution in [2.45, 2.75) is 50.0 Å². The number of halogens is 1. The van der Waals surface area contributed by atoms with Crippen molar-refractivity contribution in [3.05, 3.63) is 65.2 Å². The summed E-state index contributed by atoms with van der Waals surface area (Å²) in [7, 11) is 1.91. The van der Waals surface area contributed by atoms with Crippen molar-refractivity contribution in [3.8, 4) is 5.75 Å². The molecule has 8 heteroatoms. The van der Waals surface area contributed by atoms with E-state index in [1.807, 2.05) is 42.3 Å². The fraction of sp³-hybridized carbons (Fsp3) is 0.417. The Morgan fingerprint density at radius 2 is 1.81 bits per heavy atom. The number of nitrogens with one attached hydrogen (secondary N) is 1. The van der Waals surface area contributed by atoms with E-state index in [2.05, 4.69) is 5.32 Å². The van der Waals surface area contributed by atoms with Crippen molar-refractivity contribution in [3.63, 3.8) is 0 Å². The van der Waals surface area contributed by atoms with Crippen molar-refractivity contribution in [2.75, 3.05) is 13.6 Å². The molecule has 0 unspecified atom stereocenters. The smallest absolute Gasteiger partial charge is 0.303 e. The summed E-state index contributed by atoms with van der Waals surface area (Å²) in [6.07, 6.45) is -0.615. The number of hydrogen-bond acceptors (Lipinski definition) is 5. The molecule has 0 spiro atoms. The van der Waals surface area contributed by atoms with Crippen LogP contribution in [0.15, 0.2) is 54.6 Å². The van der Waals surface area contributed by atoms with Crippen molar-refractivity contribution in [2.24, 2.45) is 0 Å². The van der Waals surface area contributed by atoms with Gasteiger partial charge in [-0.2, -0.15) is 0 Å². The third-order valence-corrected chi connectivity index (χ3v) is 6.07. The van der Waals surface area contributed by atoms with Crippen LogP contribution >= 0.6 is 11.6 Å². The van der Waals surface area contributed by atoms with E-state index in [-0.39, 0.29) is 30.8 Å². The SMILES string of the molecule is CN(CCc1ccccc1)[C@@H]1[C@@H](O)[C@H](Oc2ccccc2Cl)C[C@H]1NC(=O)CCC(=O)O. The highest BCUT2D eigenvalue weighted by Gasteiger charge is 2.46. The van der Waals surface area contributed by atoms with Crippen LogP contribution in [0.2, 0.25) is 5.02 Å². The zero-order valence-electron chi connectivity index (χ0n) is 18.0. The number of aliphatic hydroxyl groups excluding tert-OH is 1. The molecular formula is C24H29ClN2O5. The number of benzene rings is 2. The van der Waals surface area contributed by atoms with Gasteiger partial charge in [0.15, 0.2) is 0 Å². The van der Waals surface area contributed by atoms with Crippen LogP contribution in [-0.2, 0) is 16.0 Å².